The van der Waals surface area contributed by atoms with Crippen LogP contribution >= 0.6 is 0 Å². The number of aromatic nitrogens is 1. The molecule has 1 aromatic heterocycles. The minimum atomic E-state index is -3.28. The molecule has 0 bridgehead atoms. The number of carboxylic acid groups (broad SMARTS) is 1. The molecule has 3 aliphatic rings. The summed E-state index contributed by atoms with van der Waals surface area (Å²) < 4.78 is 34.3. The molecular weight excluding hydrogens is 731 g/mol. The van der Waals surface area contributed by atoms with Gasteiger partial charge < -0.3 is 29.5 Å². The van der Waals surface area contributed by atoms with Crippen LogP contribution < -0.4 is 19.9 Å². The van der Waals surface area contributed by atoms with Gasteiger partial charge >= 0.3 is 5.97 Å². The van der Waals surface area contributed by atoms with Crippen molar-refractivity contribution in [1.29, 1.82) is 0 Å². The van der Waals surface area contributed by atoms with Gasteiger partial charge in [-0.2, -0.15) is 4.31 Å². The van der Waals surface area contributed by atoms with E-state index < -0.39 is 16.0 Å². The highest BCUT2D eigenvalue weighted by Gasteiger charge is 2.29. The molecule has 3 fully saturated rings. The van der Waals surface area contributed by atoms with Crippen LogP contribution in [0.25, 0.3) is 22.2 Å². The molecule has 2 amide bonds. The van der Waals surface area contributed by atoms with E-state index in [4.69, 9.17) is 4.74 Å². The van der Waals surface area contributed by atoms with E-state index in [9.17, 15) is 27.9 Å². The molecule has 3 heterocycles. The summed E-state index contributed by atoms with van der Waals surface area (Å²) in [7, 11) is -3.28. The number of ether oxygens (including phenoxy) is 1. The third-order valence-corrected chi connectivity index (χ3v) is 12.7. The molecule has 2 N–H and O–H groups in total. The number of hydrogen-bond acceptors (Lipinski definition) is 7. The van der Waals surface area contributed by atoms with Gasteiger partial charge in [-0.25, -0.2) is 13.2 Å². The number of benzene rings is 3. The number of carbonyl (C=O) groups is 3. The van der Waals surface area contributed by atoms with Crippen molar-refractivity contribution in [3.05, 3.63) is 90.0 Å². The fourth-order valence-electron chi connectivity index (χ4n) is 8.52. The molecule has 1 saturated carbocycles. The number of sulfonamides is 1. The van der Waals surface area contributed by atoms with E-state index in [0.717, 1.165) is 76.8 Å². The van der Waals surface area contributed by atoms with Gasteiger partial charge in [0.1, 0.15) is 18.9 Å². The lowest BCUT2D eigenvalue weighted by atomic mass is 9.82. The van der Waals surface area contributed by atoms with Crippen molar-refractivity contribution in [3.8, 4) is 17.0 Å². The van der Waals surface area contributed by atoms with Crippen LogP contribution in [0.5, 0.6) is 5.75 Å². The van der Waals surface area contributed by atoms with Gasteiger partial charge in [-0.3, -0.25) is 9.59 Å². The first kappa shape index (κ1) is 39.1. The van der Waals surface area contributed by atoms with Gasteiger partial charge in [-0.05, 0) is 97.3 Å². The molecule has 296 valence electrons. The van der Waals surface area contributed by atoms with Crippen LogP contribution in [0, 0.1) is 0 Å². The lowest BCUT2D eigenvalue weighted by molar-refractivity contribution is -0.121. The fraction of sp³-hybridized carbons (Fsp3) is 0.419. The number of carbonyl (C=O) groups excluding carboxylic acids is 2. The maximum atomic E-state index is 13.4. The van der Waals surface area contributed by atoms with Crippen molar-refractivity contribution in [3.63, 3.8) is 0 Å². The average Bonchev–Trinajstić information content (AvgIpc) is 3.77. The average molecular weight is 782 g/mol. The normalized spacial score (nSPS) is 17.1. The predicted molar refractivity (Wildman–Crippen MR) is 219 cm³/mol. The number of anilines is 2. The predicted octanol–water partition coefficient (Wildman–Crippen LogP) is 6.53. The highest BCUT2D eigenvalue weighted by atomic mass is 32.2. The summed E-state index contributed by atoms with van der Waals surface area (Å²) in [6.45, 7) is 7.01. The van der Waals surface area contributed by atoms with Crippen molar-refractivity contribution in [2.45, 2.75) is 70.4 Å². The summed E-state index contributed by atoms with van der Waals surface area (Å²) in [5.41, 5.74) is 6.53. The Morgan fingerprint density at radius 3 is 2.36 bits per heavy atom. The molecule has 13 heteroatoms. The Labute approximate surface area is 328 Å². The van der Waals surface area contributed by atoms with Crippen molar-refractivity contribution < 1.29 is 32.6 Å². The molecule has 0 unspecified atom stereocenters. The van der Waals surface area contributed by atoms with Crippen molar-refractivity contribution >= 4 is 50.1 Å². The molecule has 1 aliphatic carbocycles. The number of hydrogen-bond donors (Lipinski definition) is 2. The number of aromatic carboxylic acids is 1. The third kappa shape index (κ3) is 8.48. The van der Waals surface area contributed by atoms with Crippen LogP contribution in [-0.4, -0.2) is 85.7 Å². The van der Waals surface area contributed by atoms with Crippen LogP contribution in [0.3, 0.4) is 0 Å². The Balaban J connectivity index is 1.21. The number of nitrogens with one attached hydrogen (secondary N) is 1. The van der Waals surface area contributed by atoms with Crippen LogP contribution in [0.1, 0.15) is 78.8 Å². The molecule has 3 aromatic carbocycles. The zero-order chi connectivity index (χ0) is 39.4. The Kier molecular flexibility index (Phi) is 11.8. The number of piperazine rings is 1. The van der Waals surface area contributed by atoms with Crippen LogP contribution in [0.15, 0.2) is 73.3 Å². The van der Waals surface area contributed by atoms with Gasteiger partial charge in [-0.15, -0.1) is 6.58 Å². The monoisotopic (exact) mass is 781 g/mol. The van der Waals surface area contributed by atoms with Gasteiger partial charge in [-0.1, -0.05) is 31.4 Å². The summed E-state index contributed by atoms with van der Waals surface area (Å²) in [6.07, 6.45) is 10.4. The molecule has 56 heavy (non-hydrogen) atoms. The second kappa shape index (κ2) is 16.9. The number of rotatable bonds is 14. The molecule has 2 aliphatic heterocycles. The molecule has 2 saturated heterocycles. The molecule has 12 nitrogen and oxygen atoms in total. The molecule has 4 aromatic rings. The smallest absolute Gasteiger partial charge is 0.335 e. The minimum absolute atomic E-state index is 0.0358. The van der Waals surface area contributed by atoms with E-state index in [1.54, 1.807) is 18.2 Å². The topological polar surface area (TPSA) is 141 Å². The standard InChI is InChI=1S/C43H51N5O7S/c1-3-4-20-44-39(49)28-48-38-27-32(43(51)52)14-18-36(38)41(30-9-6-5-7-10-30)42(48)31-12-16-35(17-13-31)55-29-33-26-34(47-21-8-11-40(47)50)15-19-37(33)45-22-24-46(25-23-45)56(2,53)54/h3,12-19,26-27,30H,1,4-11,20-25,28-29H2,2H3,(H,44,49)(H,51,52). The summed E-state index contributed by atoms with van der Waals surface area (Å²) in [6, 6.07) is 19.1. The third-order valence-electron chi connectivity index (χ3n) is 11.4. The largest absolute Gasteiger partial charge is 0.489 e. The molecule has 0 spiro atoms. The van der Waals surface area contributed by atoms with E-state index in [-0.39, 0.29) is 36.4 Å². The second-order valence-corrected chi connectivity index (χ2v) is 17.1. The van der Waals surface area contributed by atoms with Crippen molar-refractivity contribution in [2.24, 2.45) is 0 Å². The lowest BCUT2D eigenvalue weighted by Gasteiger charge is -2.36. The minimum Gasteiger partial charge on any atom is -0.489 e. The number of amides is 2. The molecular formula is C43H51N5O7S. The molecule has 0 radical (unpaired) electrons. The van der Waals surface area contributed by atoms with Crippen LogP contribution in [0.2, 0.25) is 0 Å². The first-order valence-corrected chi connectivity index (χ1v) is 21.5. The van der Waals surface area contributed by atoms with Gasteiger partial charge in [0.05, 0.1) is 23.0 Å². The summed E-state index contributed by atoms with van der Waals surface area (Å²) in [5, 5.41) is 13.9. The molecule has 0 atom stereocenters. The Morgan fingerprint density at radius 2 is 1.70 bits per heavy atom. The Bertz CT molecular complexity index is 2220. The summed E-state index contributed by atoms with van der Waals surface area (Å²) in [5.74, 6) is -0.172. The maximum absolute atomic E-state index is 13.4. The zero-order valence-electron chi connectivity index (χ0n) is 32.0. The number of nitrogens with zero attached hydrogens (tertiary/aromatic N) is 4. The highest BCUT2D eigenvalue weighted by molar-refractivity contribution is 7.88. The van der Waals surface area contributed by atoms with E-state index in [1.807, 2.05) is 58.0 Å². The van der Waals surface area contributed by atoms with E-state index in [1.165, 1.54) is 17.0 Å². The summed E-state index contributed by atoms with van der Waals surface area (Å²) >= 11 is 0. The quantitative estimate of drug-likeness (QED) is 0.109. The van der Waals surface area contributed by atoms with Crippen LogP contribution in [0.4, 0.5) is 11.4 Å². The Morgan fingerprint density at radius 1 is 0.946 bits per heavy atom. The highest BCUT2D eigenvalue weighted by Crippen LogP contribution is 2.44. The van der Waals surface area contributed by atoms with E-state index in [0.29, 0.717) is 57.9 Å². The number of fused-ring (bicyclic) bond motifs is 1. The van der Waals surface area contributed by atoms with Crippen LogP contribution in [-0.2, 0) is 32.8 Å². The van der Waals surface area contributed by atoms with Crippen molar-refractivity contribution in [2.75, 3.05) is 55.3 Å². The van der Waals surface area contributed by atoms with Gasteiger partial charge in [0.2, 0.25) is 21.8 Å². The lowest BCUT2D eigenvalue weighted by Crippen LogP contribution is -2.48. The van der Waals surface area contributed by atoms with Gasteiger partial charge in [0.25, 0.3) is 0 Å². The second-order valence-electron chi connectivity index (χ2n) is 15.1. The van der Waals surface area contributed by atoms with E-state index in [2.05, 4.69) is 16.8 Å². The van der Waals surface area contributed by atoms with Gasteiger partial charge in [0, 0.05) is 68.0 Å². The first-order chi connectivity index (χ1) is 27.0. The van der Waals surface area contributed by atoms with Gasteiger partial charge in [0.15, 0.2) is 0 Å². The molecule has 7 rings (SSSR count). The summed E-state index contributed by atoms with van der Waals surface area (Å²) in [4.78, 5) is 42.1. The van der Waals surface area contributed by atoms with E-state index >= 15 is 0 Å². The Hall–Kier alpha value is -5.14. The maximum Gasteiger partial charge on any atom is 0.335 e. The van der Waals surface area contributed by atoms with Crippen molar-refractivity contribution in [1.82, 2.24) is 14.2 Å². The fourth-order valence-corrected chi connectivity index (χ4v) is 9.34. The number of carboxylic acids is 1. The first-order valence-electron chi connectivity index (χ1n) is 19.7. The SMILES string of the molecule is C=CCCNC(=O)Cn1c(-c2ccc(OCc3cc(N4CCCC4=O)ccc3N3CCN(S(C)(=O)=O)CC3)cc2)c(C2CCCCC2)c2ccc(C(=O)O)cc21. The zero-order valence-corrected chi connectivity index (χ0v) is 32.9.